The Bertz CT molecular complexity index is 514. The molecule has 0 aliphatic carbocycles. The largest absolute Gasteiger partial charge is 0.396 e. The fourth-order valence-electron chi connectivity index (χ4n) is 1.75. The van der Waals surface area contributed by atoms with E-state index < -0.39 is 0 Å². The van der Waals surface area contributed by atoms with Crippen molar-refractivity contribution in [3.05, 3.63) is 11.4 Å². The van der Waals surface area contributed by atoms with Crippen molar-refractivity contribution in [1.29, 1.82) is 0 Å². The molecule has 2 heterocycles. The Hall–Kier alpha value is -1.40. The van der Waals surface area contributed by atoms with Crippen LogP contribution < -0.4 is 10.6 Å². The molecule has 104 valence electrons. The van der Waals surface area contributed by atoms with Crippen LogP contribution in [0.3, 0.4) is 0 Å². The Morgan fingerprint density at radius 1 is 1.21 bits per heavy atom. The first-order valence-corrected chi connectivity index (χ1v) is 7.57. The average molecular weight is 280 g/mol. The van der Waals surface area contributed by atoms with Gasteiger partial charge in [-0.25, -0.2) is 4.98 Å². The summed E-state index contributed by atoms with van der Waals surface area (Å²) in [5, 5.41) is 18.4. The smallest absolute Gasteiger partial charge is 0.226 e. The molecular weight excluding hydrogens is 260 g/mol. The number of nitrogens with zero attached hydrogens (tertiary/aromatic N) is 2. The fourth-order valence-corrected chi connectivity index (χ4v) is 2.51. The highest BCUT2D eigenvalue weighted by Crippen LogP contribution is 2.26. The molecule has 0 amide bonds. The van der Waals surface area contributed by atoms with E-state index in [1.165, 1.54) is 0 Å². The topological polar surface area (TPSA) is 70.1 Å². The van der Waals surface area contributed by atoms with Crippen LogP contribution in [-0.4, -0.2) is 34.8 Å². The van der Waals surface area contributed by atoms with E-state index in [1.807, 2.05) is 11.4 Å². The lowest BCUT2D eigenvalue weighted by Crippen LogP contribution is -2.09. The van der Waals surface area contributed by atoms with Crippen molar-refractivity contribution >= 4 is 33.3 Å². The molecule has 2 aromatic heterocycles. The zero-order chi connectivity index (χ0) is 13.5. The molecule has 0 bridgehead atoms. The molecule has 2 aromatic rings. The van der Waals surface area contributed by atoms with Crippen LogP contribution in [0.1, 0.15) is 26.2 Å². The van der Waals surface area contributed by atoms with Gasteiger partial charge in [0.25, 0.3) is 0 Å². The van der Waals surface area contributed by atoms with Gasteiger partial charge in [-0.2, -0.15) is 4.98 Å². The van der Waals surface area contributed by atoms with Gasteiger partial charge in [-0.15, -0.1) is 11.3 Å². The second-order valence-corrected chi connectivity index (χ2v) is 5.21. The number of thiophene rings is 1. The Balaban J connectivity index is 2.12. The number of aliphatic hydroxyl groups excluding tert-OH is 1. The maximum absolute atomic E-state index is 8.78. The monoisotopic (exact) mass is 280 g/mol. The van der Waals surface area contributed by atoms with E-state index in [1.54, 1.807) is 11.3 Å². The highest BCUT2D eigenvalue weighted by atomic mass is 32.1. The Morgan fingerprint density at radius 3 is 2.89 bits per heavy atom. The average Bonchev–Trinajstić information content (AvgIpc) is 2.89. The molecule has 0 spiro atoms. The molecule has 19 heavy (non-hydrogen) atoms. The number of fused-ring (bicyclic) bond motifs is 1. The Labute approximate surface area is 117 Å². The van der Waals surface area contributed by atoms with Gasteiger partial charge in [0.15, 0.2) is 0 Å². The van der Waals surface area contributed by atoms with Crippen molar-refractivity contribution in [2.45, 2.75) is 26.2 Å². The molecule has 6 heteroatoms. The molecule has 0 aliphatic rings. The van der Waals surface area contributed by atoms with Gasteiger partial charge >= 0.3 is 0 Å². The van der Waals surface area contributed by atoms with Crippen LogP contribution in [0.5, 0.6) is 0 Å². The predicted molar refractivity (Wildman–Crippen MR) is 81.0 cm³/mol. The highest BCUT2D eigenvalue weighted by molar-refractivity contribution is 7.16. The summed E-state index contributed by atoms with van der Waals surface area (Å²) < 4.78 is 0. The quantitative estimate of drug-likeness (QED) is 0.649. The van der Waals surface area contributed by atoms with Crippen molar-refractivity contribution in [3.8, 4) is 0 Å². The van der Waals surface area contributed by atoms with Crippen LogP contribution in [0.4, 0.5) is 11.8 Å². The van der Waals surface area contributed by atoms with Gasteiger partial charge < -0.3 is 15.7 Å². The molecule has 3 N–H and O–H groups in total. The summed E-state index contributed by atoms with van der Waals surface area (Å²) in [7, 11) is 0. The molecule has 2 rings (SSSR count). The third-order valence-electron chi connectivity index (χ3n) is 2.74. The molecule has 0 aliphatic heterocycles. The summed E-state index contributed by atoms with van der Waals surface area (Å²) in [6.07, 6.45) is 2.79. The minimum absolute atomic E-state index is 0.239. The number of hydrogen-bond acceptors (Lipinski definition) is 6. The number of hydrogen-bond donors (Lipinski definition) is 3. The molecule has 0 atom stereocenters. The minimum Gasteiger partial charge on any atom is -0.396 e. The van der Waals surface area contributed by atoms with Crippen LogP contribution in [0.25, 0.3) is 10.2 Å². The number of aromatic nitrogens is 2. The first-order valence-electron chi connectivity index (χ1n) is 6.69. The van der Waals surface area contributed by atoms with Gasteiger partial charge in [0.05, 0.1) is 5.39 Å². The summed E-state index contributed by atoms with van der Waals surface area (Å²) in [6, 6.07) is 2.04. The Kier molecular flexibility index (Phi) is 5.35. The van der Waals surface area contributed by atoms with E-state index in [2.05, 4.69) is 27.5 Å². The minimum atomic E-state index is 0.239. The Morgan fingerprint density at radius 2 is 2.11 bits per heavy atom. The molecule has 0 saturated heterocycles. The van der Waals surface area contributed by atoms with Crippen LogP contribution >= 0.6 is 11.3 Å². The summed E-state index contributed by atoms with van der Waals surface area (Å²) in [5.41, 5.74) is 0. The van der Waals surface area contributed by atoms with Crippen molar-refractivity contribution in [3.63, 3.8) is 0 Å². The number of unbranched alkanes of at least 4 members (excludes halogenated alkanes) is 1. The highest BCUT2D eigenvalue weighted by Gasteiger charge is 2.08. The van der Waals surface area contributed by atoms with E-state index in [9.17, 15) is 0 Å². The fraction of sp³-hybridized carbons (Fsp3) is 0.538. The number of aliphatic hydroxyl groups is 1. The zero-order valence-electron chi connectivity index (χ0n) is 11.1. The van der Waals surface area contributed by atoms with Gasteiger partial charge in [0.2, 0.25) is 5.95 Å². The predicted octanol–water partition coefficient (Wildman–Crippen LogP) is 2.70. The number of nitrogens with one attached hydrogen (secondary N) is 2. The van der Waals surface area contributed by atoms with Crippen LogP contribution in [-0.2, 0) is 0 Å². The summed E-state index contributed by atoms with van der Waals surface area (Å²) in [4.78, 5) is 10.0. The standard InChI is InChI=1S/C13H20N4OS/c1-2-6-15-13-16-11(14-7-3-4-8-18)10-5-9-19-12(10)17-13/h5,9,18H,2-4,6-8H2,1H3,(H2,14,15,16,17). The molecular formula is C13H20N4OS. The van der Waals surface area contributed by atoms with E-state index in [0.717, 1.165) is 48.4 Å². The third-order valence-corrected chi connectivity index (χ3v) is 3.54. The van der Waals surface area contributed by atoms with Gasteiger partial charge in [0.1, 0.15) is 10.6 Å². The van der Waals surface area contributed by atoms with Gasteiger partial charge in [0, 0.05) is 19.7 Å². The number of rotatable bonds is 8. The molecule has 0 saturated carbocycles. The molecule has 0 radical (unpaired) electrons. The number of anilines is 2. The molecule has 0 aromatic carbocycles. The van der Waals surface area contributed by atoms with Crippen molar-refractivity contribution in [1.82, 2.24) is 9.97 Å². The molecule has 5 nitrogen and oxygen atoms in total. The van der Waals surface area contributed by atoms with E-state index in [-0.39, 0.29) is 6.61 Å². The lowest BCUT2D eigenvalue weighted by molar-refractivity contribution is 0.286. The second kappa shape index (κ2) is 7.25. The molecule has 0 fully saturated rings. The van der Waals surface area contributed by atoms with Crippen LogP contribution in [0.15, 0.2) is 11.4 Å². The van der Waals surface area contributed by atoms with Crippen molar-refractivity contribution in [2.24, 2.45) is 0 Å². The van der Waals surface area contributed by atoms with E-state index in [4.69, 9.17) is 5.11 Å². The molecule has 0 unspecified atom stereocenters. The first kappa shape index (κ1) is 14.0. The van der Waals surface area contributed by atoms with Crippen molar-refractivity contribution in [2.75, 3.05) is 30.3 Å². The third kappa shape index (κ3) is 3.78. The maximum atomic E-state index is 8.78. The summed E-state index contributed by atoms with van der Waals surface area (Å²) >= 11 is 1.62. The maximum Gasteiger partial charge on any atom is 0.226 e. The lowest BCUT2D eigenvalue weighted by Gasteiger charge is -2.09. The SMILES string of the molecule is CCCNc1nc(NCCCCO)c2ccsc2n1. The lowest BCUT2D eigenvalue weighted by atomic mass is 10.3. The van der Waals surface area contributed by atoms with Crippen molar-refractivity contribution < 1.29 is 5.11 Å². The van der Waals surface area contributed by atoms with Gasteiger partial charge in [-0.05, 0) is 30.7 Å². The van der Waals surface area contributed by atoms with Gasteiger partial charge in [-0.1, -0.05) is 6.92 Å². The first-order chi connectivity index (χ1) is 9.35. The normalized spacial score (nSPS) is 10.8. The van der Waals surface area contributed by atoms with Gasteiger partial charge in [-0.3, -0.25) is 0 Å². The second-order valence-electron chi connectivity index (χ2n) is 4.32. The van der Waals surface area contributed by atoms with Crippen LogP contribution in [0, 0.1) is 0 Å². The van der Waals surface area contributed by atoms with E-state index in [0.29, 0.717) is 5.95 Å². The van der Waals surface area contributed by atoms with E-state index >= 15 is 0 Å². The van der Waals surface area contributed by atoms with Crippen LogP contribution in [0.2, 0.25) is 0 Å². The summed E-state index contributed by atoms with van der Waals surface area (Å²) in [5.74, 6) is 1.56. The summed E-state index contributed by atoms with van der Waals surface area (Å²) in [6.45, 7) is 4.05. The zero-order valence-corrected chi connectivity index (χ0v) is 12.0.